The predicted molar refractivity (Wildman–Crippen MR) is 76.1 cm³/mol. The fourth-order valence-electron chi connectivity index (χ4n) is 1.94. The molecule has 0 rings (SSSR count). The van der Waals surface area contributed by atoms with Gasteiger partial charge in [-0.3, -0.25) is 0 Å². The molecule has 0 unspecified atom stereocenters. The van der Waals surface area contributed by atoms with Crippen molar-refractivity contribution in [1.82, 2.24) is 0 Å². The third kappa shape index (κ3) is 15.6. The summed E-state index contributed by atoms with van der Waals surface area (Å²) in [5.74, 6) is 0. The Kier molecular flexibility index (Phi) is 15.3. The quantitative estimate of drug-likeness (QED) is 0.338. The standard InChI is InChI=1S/C15H31NO/c1-2-3-4-5-6-7-8-9-10-11-14-17-15-12-13-16/h13,16H,2-12,14-15H2,1H3. The SMILES string of the molecule is CCCCCCCCCCCCOCCC=N. The molecule has 0 bridgehead atoms. The first-order chi connectivity index (χ1) is 8.41. The van der Waals surface area contributed by atoms with Crippen molar-refractivity contribution >= 4 is 6.21 Å². The molecule has 102 valence electrons. The van der Waals surface area contributed by atoms with E-state index in [4.69, 9.17) is 10.1 Å². The van der Waals surface area contributed by atoms with Crippen molar-refractivity contribution < 1.29 is 4.74 Å². The molecule has 0 fully saturated rings. The van der Waals surface area contributed by atoms with E-state index in [0.717, 1.165) is 19.6 Å². The van der Waals surface area contributed by atoms with Crippen LogP contribution in [0.3, 0.4) is 0 Å². The van der Waals surface area contributed by atoms with Crippen molar-refractivity contribution in [2.45, 2.75) is 77.6 Å². The molecule has 0 aliphatic heterocycles. The Balaban J connectivity index is 2.87. The molecule has 1 N–H and O–H groups in total. The van der Waals surface area contributed by atoms with Gasteiger partial charge >= 0.3 is 0 Å². The maximum absolute atomic E-state index is 6.85. The molecule has 0 aliphatic rings. The molecule has 2 nitrogen and oxygen atoms in total. The van der Waals surface area contributed by atoms with E-state index in [1.165, 1.54) is 70.4 Å². The number of unbranched alkanes of at least 4 members (excludes halogenated alkanes) is 9. The van der Waals surface area contributed by atoms with Gasteiger partial charge in [-0.2, -0.15) is 0 Å². The van der Waals surface area contributed by atoms with Crippen molar-refractivity contribution in [3.63, 3.8) is 0 Å². The zero-order valence-electron chi connectivity index (χ0n) is 11.7. The second-order valence-corrected chi connectivity index (χ2v) is 4.79. The Labute approximate surface area is 108 Å². The van der Waals surface area contributed by atoms with Gasteiger partial charge < -0.3 is 10.1 Å². The summed E-state index contributed by atoms with van der Waals surface area (Å²) in [5.41, 5.74) is 0. The lowest BCUT2D eigenvalue weighted by atomic mass is 10.1. The lowest BCUT2D eigenvalue weighted by Gasteiger charge is -2.03. The summed E-state index contributed by atoms with van der Waals surface area (Å²) in [6.45, 7) is 3.87. The summed E-state index contributed by atoms with van der Waals surface area (Å²) < 4.78 is 5.39. The first-order valence-corrected chi connectivity index (χ1v) is 7.48. The molecular weight excluding hydrogens is 210 g/mol. The smallest absolute Gasteiger partial charge is 0.0515 e. The van der Waals surface area contributed by atoms with Gasteiger partial charge in [-0.15, -0.1) is 0 Å². The van der Waals surface area contributed by atoms with Crippen LogP contribution in [-0.4, -0.2) is 19.4 Å². The van der Waals surface area contributed by atoms with Crippen molar-refractivity contribution in [2.75, 3.05) is 13.2 Å². The van der Waals surface area contributed by atoms with Crippen LogP contribution in [0.5, 0.6) is 0 Å². The minimum Gasteiger partial charge on any atom is -0.381 e. The molecular formula is C15H31NO. The highest BCUT2D eigenvalue weighted by Crippen LogP contribution is 2.10. The average molecular weight is 241 g/mol. The third-order valence-corrected chi connectivity index (χ3v) is 3.05. The van der Waals surface area contributed by atoms with Crippen LogP contribution in [0.1, 0.15) is 77.6 Å². The van der Waals surface area contributed by atoms with Crippen molar-refractivity contribution in [3.05, 3.63) is 0 Å². The molecule has 0 radical (unpaired) electrons. The van der Waals surface area contributed by atoms with Crippen LogP contribution < -0.4 is 0 Å². The van der Waals surface area contributed by atoms with Gasteiger partial charge in [0.15, 0.2) is 0 Å². The van der Waals surface area contributed by atoms with Gasteiger partial charge in [-0.1, -0.05) is 64.7 Å². The highest BCUT2D eigenvalue weighted by Gasteiger charge is 1.92. The van der Waals surface area contributed by atoms with E-state index in [1.54, 1.807) is 0 Å². The highest BCUT2D eigenvalue weighted by molar-refractivity contribution is 5.52. The van der Waals surface area contributed by atoms with Crippen LogP contribution in [0, 0.1) is 5.41 Å². The van der Waals surface area contributed by atoms with Gasteiger partial charge in [0.05, 0.1) is 6.61 Å². The van der Waals surface area contributed by atoms with Crippen molar-refractivity contribution in [3.8, 4) is 0 Å². The van der Waals surface area contributed by atoms with E-state index in [-0.39, 0.29) is 0 Å². The molecule has 0 heterocycles. The van der Waals surface area contributed by atoms with Crippen LogP contribution in [0.4, 0.5) is 0 Å². The van der Waals surface area contributed by atoms with Gasteiger partial charge in [0.25, 0.3) is 0 Å². The van der Waals surface area contributed by atoms with Crippen LogP contribution in [0.25, 0.3) is 0 Å². The van der Waals surface area contributed by atoms with E-state index < -0.39 is 0 Å². The van der Waals surface area contributed by atoms with Crippen LogP contribution in [0.2, 0.25) is 0 Å². The average Bonchev–Trinajstić information content (AvgIpc) is 2.35. The summed E-state index contributed by atoms with van der Waals surface area (Å²) in [7, 11) is 0. The number of ether oxygens (including phenoxy) is 1. The molecule has 2 heteroatoms. The molecule has 0 aromatic carbocycles. The van der Waals surface area contributed by atoms with Gasteiger partial charge in [0.1, 0.15) is 0 Å². The topological polar surface area (TPSA) is 33.1 Å². The molecule has 17 heavy (non-hydrogen) atoms. The molecule has 0 amide bonds. The third-order valence-electron chi connectivity index (χ3n) is 3.05. The molecule has 0 aromatic heterocycles. The number of nitrogens with one attached hydrogen (secondary N) is 1. The fourth-order valence-corrected chi connectivity index (χ4v) is 1.94. The summed E-state index contributed by atoms with van der Waals surface area (Å²) in [6.07, 6.45) is 15.9. The van der Waals surface area contributed by atoms with Gasteiger partial charge in [0, 0.05) is 13.0 Å². The Morgan fingerprint density at radius 2 is 1.29 bits per heavy atom. The molecule has 0 aromatic rings. The first kappa shape index (κ1) is 16.6. The van der Waals surface area contributed by atoms with Crippen molar-refractivity contribution in [1.29, 1.82) is 5.41 Å². The Hall–Kier alpha value is -0.370. The fraction of sp³-hybridized carbons (Fsp3) is 0.933. The molecule has 0 atom stereocenters. The molecule has 0 aliphatic carbocycles. The zero-order chi connectivity index (χ0) is 12.6. The summed E-state index contributed by atoms with van der Waals surface area (Å²) >= 11 is 0. The molecule has 0 spiro atoms. The van der Waals surface area contributed by atoms with Crippen LogP contribution in [0.15, 0.2) is 0 Å². The summed E-state index contributed by atoms with van der Waals surface area (Å²) in [5, 5.41) is 6.85. The minimum absolute atomic E-state index is 0.723. The maximum atomic E-state index is 6.85. The molecule has 0 saturated heterocycles. The number of rotatable bonds is 14. The second-order valence-electron chi connectivity index (χ2n) is 4.79. The largest absolute Gasteiger partial charge is 0.381 e. The van der Waals surface area contributed by atoms with E-state index in [9.17, 15) is 0 Å². The van der Waals surface area contributed by atoms with E-state index in [2.05, 4.69) is 6.92 Å². The van der Waals surface area contributed by atoms with Gasteiger partial charge in [0.2, 0.25) is 0 Å². The van der Waals surface area contributed by atoms with E-state index in [1.807, 2.05) is 0 Å². The Morgan fingerprint density at radius 3 is 1.82 bits per heavy atom. The monoisotopic (exact) mass is 241 g/mol. The summed E-state index contributed by atoms with van der Waals surface area (Å²) in [4.78, 5) is 0. The van der Waals surface area contributed by atoms with E-state index >= 15 is 0 Å². The normalized spacial score (nSPS) is 10.6. The van der Waals surface area contributed by atoms with Crippen LogP contribution in [-0.2, 0) is 4.74 Å². The maximum Gasteiger partial charge on any atom is 0.0515 e. The minimum atomic E-state index is 0.723. The number of hydrogen-bond acceptors (Lipinski definition) is 2. The number of hydrogen-bond donors (Lipinski definition) is 1. The molecule has 0 saturated carbocycles. The zero-order valence-corrected chi connectivity index (χ0v) is 11.7. The van der Waals surface area contributed by atoms with E-state index in [0.29, 0.717) is 0 Å². The van der Waals surface area contributed by atoms with Crippen molar-refractivity contribution in [2.24, 2.45) is 0 Å². The lowest BCUT2D eigenvalue weighted by molar-refractivity contribution is 0.137. The van der Waals surface area contributed by atoms with Gasteiger partial charge in [-0.25, -0.2) is 0 Å². The van der Waals surface area contributed by atoms with Crippen LogP contribution >= 0.6 is 0 Å². The van der Waals surface area contributed by atoms with Gasteiger partial charge in [-0.05, 0) is 12.6 Å². The Bertz CT molecular complexity index is 148. The second kappa shape index (κ2) is 15.6. The predicted octanol–water partition coefficient (Wildman–Crippen LogP) is 4.96. The summed E-state index contributed by atoms with van der Waals surface area (Å²) in [6, 6.07) is 0. The highest BCUT2D eigenvalue weighted by atomic mass is 16.5. The Morgan fingerprint density at radius 1 is 0.765 bits per heavy atom. The lowest BCUT2D eigenvalue weighted by Crippen LogP contribution is -1.97. The first-order valence-electron chi connectivity index (χ1n) is 7.48.